The number of hydrogen-bond donors (Lipinski definition) is 2. The average molecular weight is 284 g/mol. The molecule has 2 unspecified atom stereocenters. The molecule has 1 fully saturated rings. The molecule has 1 aliphatic heterocycles. The summed E-state index contributed by atoms with van der Waals surface area (Å²) < 4.78 is 22.3. The number of pyridine rings is 1. The Morgan fingerprint density at radius 1 is 1.47 bits per heavy atom. The molecule has 4 N–H and O–H groups in total. The molecule has 7 heteroatoms. The minimum absolute atomic E-state index is 0.0389. The molecule has 0 amide bonds. The minimum Gasteiger partial charge on any atom is -0.356 e. The van der Waals surface area contributed by atoms with E-state index in [1.165, 1.54) is 12.3 Å². The lowest BCUT2D eigenvalue weighted by Crippen LogP contribution is -2.47. The average Bonchev–Trinajstić information content (AvgIpc) is 2.38. The Morgan fingerprint density at radius 2 is 2.21 bits per heavy atom. The molecule has 2 atom stereocenters. The van der Waals surface area contributed by atoms with E-state index in [2.05, 4.69) is 16.8 Å². The molecule has 1 aromatic rings. The number of anilines is 1. The molecule has 0 aromatic carbocycles. The summed E-state index contributed by atoms with van der Waals surface area (Å²) in [5, 5.41) is 5.05. The Hall–Kier alpha value is -1.18. The van der Waals surface area contributed by atoms with Crippen molar-refractivity contribution in [2.75, 3.05) is 18.0 Å². The van der Waals surface area contributed by atoms with Gasteiger partial charge in [-0.05, 0) is 24.5 Å². The minimum atomic E-state index is -3.68. The van der Waals surface area contributed by atoms with Gasteiger partial charge in [-0.3, -0.25) is 0 Å². The summed E-state index contributed by atoms with van der Waals surface area (Å²) in [5.41, 5.74) is 6.07. The second-order valence-electron chi connectivity index (χ2n) is 4.96. The Balaban J connectivity index is 2.15. The van der Waals surface area contributed by atoms with Crippen LogP contribution >= 0.6 is 0 Å². The Kier molecular flexibility index (Phi) is 4.07. The first kappa shape index (κ1) is 14.2. The van der Waals surface area contributed by atoms with Crippen molar-refractivity contribution < 1.29 is 8.42 Å². The quantitative estimate of drug-likeness (QED) is 0.830. The van der Waals surface area contributed by atoms with Crippen LogP contribution in [0, 0.1) is 5.92 Å². The number of nitrogens with zero attached hydrogens (tertiary/aromatic N) is 2. The van der Waals surface area contributed by atoms with Crippen LogP contribution in [-0.4, -0.2) is 32.5 Å². The molecular weight excluding hydrogens is 264 g/mol. The Morgan fingerprint density at radius 3 is 2.74 bits per heavy atom. The van der Waals surface area contributed by atoms with Gasteiger partial charge in [-0.2, -0.15) is 0 Å². The summed E-state index contributed by atoms with van der Waals surface area (Å²) >= 11 is 0. The zero-order valence-corrected chi connectivity index (χ0v) is 11.8. The summed E-state index contributed by atoms with van der Waals surface area (Å²) in [5.74, 6) is 1.23. The topological polar surface area (TPSA) is 102 Å². The van der Waals surface area contributed by atoms with Crippen LogP contribution in [-0.2, 0) is 10.0 Å². The molecule has 2 rings (SSSR count). The van der Waals surface area contributed by atoms with Crippen molar-refractivity contribution in [1.82, 2.24) is 4.98 Å². The van der Waals surface area contributed by atoms with E-state index in [9.17, 15) is 8.42 Å². The van der Waals surface area contributed by atoms with Gasteiger partial charge in [0, 0.05) is 25.3 Å². The highest BCUT2D eigenvalue weighted by molar-refractivity contribution is 7.89. The molecule has 1 aromatic heterocycles. The van der Waals surface area contributed by atoms with Gasteiger partial charge in [-0.15, -0.1) is 0 Å². The van der Waals surface area contributed by atoms with Crippen molar-refractivity contribution in [1.29, 1.82) is 0 Å². The summed E-state index contributed by atoms with van der Waals surface area (Å²) in [7, 11) is -3.68. The number of hydrogen-bond acceptors (Lipinski definition) is 5. The van der Waals surface area contributed by atoms with Crippen LogP contribution in [0.15, 0.2) is 23.2 Å². The van der Waals surface area contributed by atoms with Crippen LogP contribution in [0.2, 0.25) is 0 Å². The van der Waals surface area contributed by atoms with Gasteiger partial charge in [0.1, 0.15) is 10.7 Å². The number of aromatic nitrogens is 1. The molecule has 19 heavy (non-hydrogen) atoms. The second kappa shape index (κ2) is 5.44. The summed E-state index contributed by atoms with van der Waals surface area (Å²) in [4.78, 5) is 6.37. The lowest BCUT2D eigenvalue weighted by Gasteiger charge is -2.37. The first-order valence-corrected chi connectivity index (χ1v) is 7.96. The van der Waals surface area contributed by atoms with Gasteiger partial charge in [0.2, 0.25) is 10.0 Å². The van der Waals surface area contributed by atoms with Crippen LogP contribution in [0.25, 0.3) is 0 Å². The van der Waals surface area contributed by atoms with E-state index >= 15 is 0 Å². The van der Waals surface area contributed by atoms with Crippen molar-refractivity contribution in [2.45, 2.75) is 30.7 Å². The molecule has 0 spiro atoms. The predicted octanol–water partition coefficient (Wildman–Crippen LogP) is 0.293. The largest absolute Gasteiger partial charge is 0.356 e. The molecule has 6 nitrogen and oxygen atoms in total. The number of sulfonamides is 1. The fraction of sp³-hybridized carbons (Fsp3) is 0.583. The van der Waals surface area contributed by atoms with Crippen molar-refractivity contribution in [3.05, 3.63) is 18.3 Å². The first-order chi connectivity index (χ1) is 8.91. The van der Waals surface area contributed by atoms with Gasteiger partial charge in [0.05, 0.1) is 0 Å². The summed E-state index contributed by atoms with van der Waals surface area (Å²) in [6.45, 7) is 3.84. The number of piperidine rings is 1. The second-order valence-corrected chi connectivity index (χ2v) is 6.53. The standard InChI is InChI=1S/C12H20N4O2S/c1-2-9-8-16(6-5-11(9)13)12-4-3-10(7-15-12)19(14,17)18/h3-4,7,9,11H,2,5-6,8,13H2,1H3,(H2,14,17,18). The number of nitrogens with two attached hydrogens (primary N) is 2. The maximum absolute atomic E-state index is 11.2. The summed E-state index contributed by atoms with van der Waals surface area (Å²) in [6, 6.07) is 3.43. The molecule has 1 saturated heterocycles. The SMILES string of the molecule is CCC1CN(c2ccc(S(N)(=O)=O)cn2)CCC1N. The maximum Gasteiger partial charge on any atom is 0.239 e. The molecule has 0 saturated carbocycles. The number of primary sulfonamides is 1. The number of rotatable bonds is 3. The lowest BCUT2D eigenvalue weighted by molar-refractivity contribution is 0.347. The third-order valence-electron chi connectivity index (χ3n) is 3.69. The maximum atomic E-state index is 11.2. The third-order valence-corrected chi connectivity index (χ3v) is 4.59. The molecule has 0 aliphatic carbocycles. The van der Waals surface area contributed by atoms with E-state index in [0.717, 1.165) is 31.7 Å². The molecule has 1 aliphatic rings. The van der Waals surface area contributed by atoms with Crippen LogP contribution < -0.4 is 15.8 Å². The van der Waals surface area contributed by atoms with E-state index in [0.29, 0.717) is 5.92 Å². The van der Waals surface area contributed by atoms with E-state index in [1.54, 1.807) is 6.07 Å². The van der Waals surface area contributed by atoms with Crippen LogP contribution in [0.3, 0.4) is 0 Å². The van der Waals surface area contributed by atoms with E-state index < -0.39 is 10.0 Å². The summed E-state index contributed by atoms with van der Waals surface area (Å²) in [6.07, 6.45) is 3.27. The highest BCUT2D eigenvalue weighted by Gasteiger charge is 2.26. The monoisotopic (exact) mass is 284 g/mol. The van der Waals surface area contributed by atoms with Crippen molar-refractivity contribution in [2.24, 2.45) is 16.8 Å². The molecule has 2 heterocycles. The molecular formula is C12H20N4O2S. The van der Waals surface area contributed by atoms with Gasteiger partial charge >= 0.3 is 0 Å². The molecule has 106 valence electrons. The lowest BCUT2D eigenvalue weighted by atomic mass is 9.91. The third kappa shape index (κ3) is 3.23. The van der Waals surface area contributed by atoms with Crippen LogP contribution in [0.5, 0.6) is 0 Å². The Bertz CT molecular complexity index is 529. The van der Waals surface area contributed by atoms with E-state index in [-0.39, 0.29) is 10.9 Å². The zero-order valence-electron chi connectivity index (χ0n) is 11.0. The highest BCUT2D eigenvalue weighted by Crippen LogP contribution is 2.23. The van der Waals surface area contributed by atoms with Gasteiger partial charge in [-0.1, -0.05) is 13.3 Å². The predicted molar refractivity (Wildman–Crippen MR) is 74.2 cm³/mol. The van der Waals surface area contributed by atoms with Gasteiger partial charge < -0.3 is 10.6 Å². The van der Waals surface area contributed by atoms with Crippen molar-refractivity contribution in [3.63, 3.8) is 0 Å². The fourth-order valence-corrected chi connectivity index (χ4v) is 2.88. The Labute approximate surface area is 113 Å². The van der Waals surface area contributed by atoms with Crippen LogP contribution in [0.4, 0.5) is 5.82 Å². The fourth-order valence-electron chi connectivity index (χ4n) is 2.42. The van der Waals surface area contributed by atoms with E-state index in [4.69, 9.17) is 10.9 Å². The zero-order chi connectivity index (χ0) is 14.0. The van der Waals surface area contributed by atoms with Gasteiger partial charge in [0.25, 0.3) is 0 Å². The first-order valence-electron chi connectivity index (χ1n) is 6.41. The van der Waals surface area contributed by atoms with E-state index in [1.807, 2.05) is 0 Å². The van der Waals surface area contributed by atoms with Crippen molar-refractivity contribution >= 4 is 15.8 Å². The highest BCUT2D eigenvalue weighted by atomic mass is 32.2. The smallest absolute Gasteiger partial charge is 0.239 e. The van der Waals surface area contributed by atoms with Crippen molar-refractivity contribution in [3.8, 4) is 0 Å². The normalized spacial score (nSPS) is 24.5. The van der Waals surface area contributed by atoms with Crippen LogP contribution in [0.1, 0.15) is 19.8 Å². The van der Waals surface area contributed by atoms with Gasteiger partial charge in [-0.25, -0.2) is 18.5 Å². The van der Waals surface area contributed by atoms with Gasteiger partial charge in [0.15, 0.2) is 0 Å². The molecule has 0 radical (unpaired) electrons. The molecule has 0 bridgehead atoms.